The predicted octanol–water partition coefficient (Wildman–Crippen LogP) is 7.96. The number of esters is 1. The van der Waals surface area contributed by atoms with E-state index in [1.165, 1.54) is 102 Å². The van der Waals surface area contributed by atoms with E-state index >= 15 is 0 Å². The molecule has 0 aliphatic carbocycles. The molecule has 1 heterocycles. The first-order valence-corrected chi connectivity index (χ1v) is 15.1. The minimum absolute atomic E-state index is 0.0179. The lowest BCUT2D eigenvalue weighted by Crippen LogP contribution is -2.44. The summed E-state index contributed by atoms with van der Waals surface area (Å²) in [5, 5.41) is 0. The molecule has 1 aromatic carbocycles. The maximum Gasteiger partial charge on any atom is 0.508 e. The summed E-state index contributed by atoms with van der Waals surface area (Å²) in [6.07, 6.45) is 18.7. The van der Waals surface area contributed by atoms with Gasteiger partial charge < -0.3 is 18.7 Å². The van der Waals surface area contributed by atoms with Gasteiger partial charge in [-0.3, -0.25) is 4.79 Å². The molecule has 0 N–H and O–H groups in total. The maximum absolute atomic E-state index is 12.4. The van der Waals surface area contributed by atoms with Crippen molar-refractivity contribution in [2.45, 2.75) is 117 Å². The van der Waals surface area contributed by atoms with Gasteiger partial charge in [0.15, 0.2) is 0 Å². The van der Waals surface area contributed by atoms with Crippen LogP contribution >= 0.6 is 0 Å². The first-order valence-electron chi connectivity index (χ1n) is 15.1. The van der Waals surface area contributed by atoms with Crippen LogP contribution in [0.25, 0.3) is 0 Å². The van der Waals surface area contributed by atoms with Crippen molar-refractivity contribution in [1.29, 1.82) is 0 Å². The van der Waals surface area contributed by atoms with E-state index in [0.29, 0.717) is 0 Å². The Morgan fingerprint density at radius 1 is 0.789 bits per heavy atom. The van der Waals surface area contributed by atoms with Gasteiger partial charge in [-0.1, -0.05) is 108 Å². The molecule has 6 nitrogen and oxygen atoms in total. The van der Waals surface area contributed by atoms with Crippen LogP contribution < -0.4 is 0 Å². The summed E-state index contributed by atoms with van der Waals surface area (Å²) in [7, 11) is 4.61. The Kier molecular flexibility index (Phi) is 14.8. The third kappa shape index (κ3) is 13.1. The lowest BCUT2D eigenvalue weighted by Gasteiger charge is -2.30. The normalized spacial score (nSPS) is 15.1. The Morgan fingerprint density at radius 3 is 1.74 bits per heavy atom. The summed E-state index contributed by atoms with van der Waals surface area (Å²) < 4.78 is 16.1. The average Bonchev–Trinajstić information content (AvgIpc) is 2.90. The molecule has 0 radical (unpaired) electrons. The van der Waals surface area contributed by atoms with Crippen LogP contribution in [0, 0.1) is 5.41 Å². The van der Waals surface area contributed by atoms with E-state index in [9.17, 15) is 9.59 Å². The fraction of sp³-hybridized carbons (Fsp3) is 0.750. The van der Waals surface area contributed by atoms with Crippen molar-refractivity contribution in [3.8, 4) is 0 Å². The number of cyclic esters (lactones) is 2. The molecule has 38 heavy (non-hydrogen) atoms. The van der Waals surface area contributed by atoms with Gasteiger partial charge in [0.25, 0.3) is 0 Å². The van der Waals surface area contributed by atoms with E-state index < -0.39 is 17.5 Å². The van der Waals surface area contributed by atoms with Gasteiger partial charge in [0, 0.05) is 5.56 Å². The molecule has 1 aromatic rings. The number of carbonyl (C=O) groups excluding carboxylic acids is 2. The first-order chi connectivity index (χ1) is 18.2. The molecular weight excluding hydrogens is 478 g/mol. The number of carbonyl (C=O) groups is 2. The minimum Gasteiger partial charge on any atom is -0.460 e. The summed E-state index contributed by atoms with van der Waals surface area (Å²) in [6.45, 7) is 6.29. The minimum atomic E-state index is -0.956. The van der Waals surface area contributed by atoms with E-state index in [4.69, 9.17) is 14.2 Å². The SMILES string of the molecule is CCCCCCCCCCCCCCCC[N+](C)(C)Cc1ccc(COC(=O)C2(C)COC(=O)OC2)cc1. The monoisotopic (exact) mass is 532 g/mol. The van der Waals surface area contributed by atoms with E-state index in [2.05, 4.69) is 33.2 Å². The third-order valence-electron chi connectivity index (χ3n) is 7.63. The van der Waals surface area contributed by atoms with Gasteiger partial charge in [0.1, 0.15) is 31.8 Å². The average molecular weight is 533 g/mol. The van der Waals surface area contributed by atoms with Gasteiger partial charge in [-0.25, -0.2) is 4.79 Å². The molecule has 0 unspecified atom stereocenters. The number of rotatable bonds is 20. The van der Waals surface area contributed by atoms with Gasteiger partial charge in [0.05, 0.1) is 20.6 Å². The van der Waals surface area contributed by atoms with Crippen LogP contribution in [0.15, 0.2) is 24.3 Å². The van der Waals surface area contributed by atoms with Crippen LogP contribution in [-0.2, 0) is 32.2 Å². The predicted molar refractivity (Wildman–Crippen MR) is 153 cm³/mol. The van der Waals surface area contributed by atoms with Gasteiger partial charge >= 0.3 is 12.1 Å². The fourth-order valence-corrected chi connectivity index (χ4v) is 5.01. The highest BCUT2D eigenvalue weighted by atomic mass is 16.7. The van der Waals surface area contributed by atoms with Crippen LogP contribution in [-0.4, -0.2) is 50.5 Å². The molecule has 0 bridgehead atoms. The summed E-state index contributed by atoms with van der Waals surface area (Å²) in [4.78, 5) is 23.5. The molecule has 0 spiro atoms. The molecule has 1 aliphatic rings. The molecule has 1 aliphatic heterocycles. The zero-order valence-electron chi connectivity index (χ0n) is 24.7. The topological polar surface area (TPSA) is 61.8 Å². The molecule has 0 aromatic heterocycles. The van der Waals surface area contributed by atoms with Crippen LogP contribution in [0.2, 0.25) is 0 Å². The van der Waals surface area contributed by atoms with Crippen molar-refractivity contribution in [3.63, 3.8) is 0 Å². The second kappa shape index (κ2) is 17.5. The fourth-order valence-electron chi connectivity index (χ4n) is 5.01. The summed E-state index contributed by atoms with van der Waals surface area (Å²) in [6, 6.07) is 8.30. The molecule has 0 amide bonds. The quantitative estimate of drug-likeness (QED) is 0.0968. The van der Waals surface area contributed by atoms with Gasteiger partial charge in [-0.2, -0.15) is 0 Å². The Labute approximate surface area is 232 Å². The highest BCUT2D eigenvalue weighted by molar-refractivity contribution is 5.78. The van der Waals surface area contributed by atoms with Crippen LogP contribution in [0.1, 0.15) is 115 Å². The molecule has 2 rings (SSSR count). The van der Waals surface area contributed by atoms with Crippen molar-refractivity contribution in [2.24, 2.45) is 5.41 Å². The highest BCUT2D eigenvalue weighted by Crippen LogP contribution is 2.25. The lowest BCUT2D eigenvalue weighted by atomic mass is 9.92. The maximum atomic E-state index is 12.4. The summed E-state index contributed by atoms with van der Waals surface area (Å²) in [5.41, 5.74) is 1.27. The molecular formula is C32H54NO5+. The van der Waals surface area contributed by atoms with E-state index in [1.54, 1.807) is 6.92 Å². The smallest absolute Gasteiger partial charge is 0.460 e. The van der Waals surface area contributed by atoms with Crippen molar-refractivity contribution < 1.29 is 28.3 Å². The number of benzene rings is 1. The number of unbranched alkanes of at least 4 members (excludes halogenated alkanes) is 13. The Morgan fingerprint density at radius 2 is 1.24 bits per heavy atom. The molecule has 6 heteroatoms. The van der Waals surface area contributed by atoms with Gasteiger partial charge in [0.2, 0.25) is 0 Å². The Hall–Kier alpha value is -2.08. The number of ether oxygens (including phenoxy) is 3. The Balaban J connectivity index is 1.53. The molecule has 0 atom stereocenters. The van der Waals surface area contributed by atoms with Crippen LogP contribution in [0.5, 0.6) is 0 Å². The van der Waals surface area contributed by atoms with Gasteiger partial charge in [-0.05, 0) is 25.3 Å². The molecule has 1 fully saturated rings. The molecule has 216 valence electrons. The van der Waals surface area contributed by atoms with E-state index in [0.717, 1.165) is 16.6 Å². The summed E-state index contributed by atoms with van der Waals surface area (Å²) in [5.74, 6) is -0.417. The lowest BCUT2D eigenvalue weighted by molar-refractivity contribution is -0.903. The number of hydrogen-bond acceptors (Lipinski definition) is 5. The third-order valence-corrected chi connectivity index (χ3v) is 7.63. The van der Waals surface area contributed by atoms with E-state index in [1.807, 2.05) is 12.1 Å². The van der Waals surface area contributed by atoms with Crippen molar-refractivity contribution in [3.05, 3.63) is 35.4 Å². The van der Waals surface area contributed by atoms with Crippen LogP contribution in [0.3, 0.4) is 0 Å². The van der Waals surface area contributed by atoms with E-state index in [-0.39, 0.29) is 19.8 Å². The standard InChI is InChI=1S/C32H54NO5/c1-5-6-7-8-9-10-11-12-13-14-15-16-17-18-23-33(3,4)24-28-19-21-29(22-20-28)25-36-30(34)32(2)26-37-31(35)38-27-32/h19-22H,5-18,23-27H2,1-4H3/q+1. The molecule has 0 saturated carbocycles. The second-order valence-corrected chi connectivity index (χ2v) is 12.2. The number of hydrogen-bond donors (Lipinski definition) is 0. The van der Waals surface area contributed by atoms with Crippen LogP contribution in [0.4, 0.5) is 4.79 Å². The Bertz CT molecular complexity index is 795. The first kappa shape index (κ1) is 32.1. The largest absolute Gasteiger partial charge is 0.508 e. The number of quaternary nitrogens is 1. The van der Waals surface area contributed by atoms with Gasteiger partial charge in [-0.15, -0.1) is 0 Å². The van der Waals surface area contributed by atoms with Crippen molar-refractivity contribution >= 4 is 12.1 Å². The zero-order chi connectivity index (χ0) is 27.7. The zero-order valence-corrected chi connectivity index (χ0v) is 24.7. The number of nitrogens with zero attached hydrogens (tertiary/aromatic N) is 1. The van der Waals surface area contributed by atoms with Crippen molar-refractivity contribution in [1.82, 2.24) is 0 Å². The van der Waals surface area contributed by atoms with Crippen molar-refractivity contribution in [2.75, 3.05) is 33.9 Å². The highest BCUT2D eigenvalue weighted by Gasteiger charge is 2.41. The molecule has 1 saturated heterocycles. The summed E-state index contributed by atoms with van der Waals surface area (Å²) >= 11 is 0. The second-order valence-electron chi connectivity index (χ2n) is 12.2.